The van der Waals surface area contributed by atoms with Crippen LogP contribution in [0.25, 0.3) is 0 Å². The fraction of sp³-hybridized carbons (Fsp3) is 0.294. The van der Waals surface area contributed by atoms with Crippen LogP contribution in [-0.2, 0) is 26.2 Å². The van der Waals surface area contributed by atoms with Gasteiger partial charge in [0.1, 0.15) is 5.76 Å². The van der Waals surface area contributed by atoms with E-state index in [9.17, 15) is 18.0 Å². The highest BCUT2D eigenvalue weighted by Crippen LogP contribution is 2.25. The highest BCUT2D eigenvalue weighted by atomic mass is 32.2. The third kappa shape index (κ3) is 4.30. The first-order valence-corrected chi connectivity index (χ1v) is 9.31. The van der Waals surface area contributed by atoms with E-state index in [1.165, 1.54) is 6.26 Å². The number of aryl methyl sites for hydroxylation is 2. The Kier molecular flexibility index (Phi) is 5.83. The van der Waals surface area contributed by atoms with Gasteiger partial charge in [0.25, 0.3) is 10.0 Å². The molecule has 0 aliphatic heterocycles. The zero-order valence-corrected chi connectivity index (χ0v) is 15.8. The summed E-state index contributed by atoms with van der Waals surface area (Å²) in [5, 5.41) is 2.32. The maximum absolute atomic E-state index is 12.6. The third-order valence-electron chi connectivity index (χ3n) is 4.07. The summed E-state index contributed by atoms with van der Waals surface area (Å²) in [6, 6.07) is 5.17. The van der Waals surface area contributed by atoms with E-state index >= 15 is 0 Å². The second kappa shape index (κ2) is 7.71. The molecule has 8 nitrogen and oxygen atoms in total. The number of furan rings is 1. The number of hydrazine groups is 1. The highest BCUT2D eigenvalue weighted by Gasteiger charge is 2.24. The molecule has 0 fully saturated rings. The van der Waals surface area contributed by atoms with Crippen molar-refractivity contribution in [1.29, 1.82) is 0 Å². The lowest BCUT2D eigenvalue weighted by atomic mass is 10.0. The molecule has 1 aromatic carbocycles. The Balaban J connectivity index is 2.06. The fourth-order valence-electron chi connectivity index (χ4n) is 2.47. The number of nitrogens with one attached hydrogen (secondary N) is 3. The lowest BCUT2D eigenvalue weighted by Crippen LogP contribution is -2.48. The van der Waals surface area contributed by atoms with Gasteiger partial charge in [-0.15, -0.1) is 4.83 Å². The zero-order chi connectivity index (χ0) is 19.5. The average molecular weight is 379 g/mol. The van der Waals surface area contributed by atoms with Gasteiger partial charge in [-0.05, 0) is 62.1 Å². The molecule has 0 aliphatic carbocycles. The third-order valence-corrected chi connectivity index (χ3v) is 5.59. The number of hydrogen-bond acceptors (Lipinski definition) is 5. The standard InChI is InChI=1S/C17H21N3O5S/c1-10-8-11(2)13(4)15(12(10)3)26(23,24)20-19-17(22)16(21)18-9-14-6-5-7-25-14/h5-8,20H,9H2,1-4H3,(H,18,21)(H,19,22). The Morgan fingerprint density at radius 2 is 1.65 bits per heavy atom. The molecule has 0 aliphatic rings. The van der Waals surface area contributed by atoms with E-state index < -0.39 is 21.8 Å². The van der Waals surface area contributed by atoms with Gasteiger partial charge in [-0.2, -0.15) is 0 Å². The summed E-state index contributed by atoms with van der Waals surface area (Å²) in [5.41, 5.74) is 4.72. The molecule has 9 heteroatoms. The number of carbonyl (C=O) groups excluding carboxylic acids is 2. The van der Waals surface area contributed by atoms with Crippen LogP contribution in [0.3, 0.4) is 0 Å². The van der Waals surface area contributed by atoms with Gasteiger partial charge in [0.05, 0.1) is 17.7 Å². The maximum atomic E-state index is 12.6. The Morgan fingerprint density at radius 1 is 1.04 bits per heavy atom. The summed E-state index contributed by atoms with van der Waals surface area (Å²) in [7, 11) is -4.03. The summed E-state index contributed by atoms with van der Waals surface area (Å²) in [4.78, 5) is 25.6. The minimum atomic E-state index is -4.03. The van der Waals surface area contributed by atoms with Crippen LogP contribution >= 0.6 is 0 Å². The normalized spacial score (nSPS) is 11.2. The number of rotatable bonds is 5. The molecule has 2 amide bonds. The molecule has 0 radical (unpaired) electrons. The van der Waals surface area contributed by atoms with Crippen molar-refractivity contribution in [2.45, 2.75) is 39.1 Å². The first-order valence-electron chi connectivity index (χ1n) is 7.83. The van der Waals surface area contributed by atoms with Gasteiger partial charge in [0, 0.05) is 0 Å². The molecule has 1 heterocycles. The van der Waals surface area contributed by atoms with E-state index in [-0.39, 0.29) is 11.4 Å². The van der Waals surface area contributed by atoms with Gasteiger partial charge < -0.3 is 9.73 Å². The number of hydrogen-bond donors (Lipinski definition) is 3. The molecule has 0 atom stereocenters. The van der Waals surface area contributed by atoms with Crippen molar-refractivity contribution < 1.29 is 22.4 Å². The first kappa shape index (κ1) is 19.7. The Hall–Kier alpha value is -2.65. The molecule has 0 bridgehead atoms. The van der Waals surface area contributed by atoms with Crippen molar-refractivity contribution in [2.24, 2.45) is 0 Å². The average Bonchev–Trinajstić information content (AvgIpc) is 3.09. The lowest BCUT2D eigenvalue weighted by Gasteiger charge is -2.16. The predicted octanol–water partition coefficient (Wildman–Crippen LogP) is 1.14. The number of amides is 2. The van der Waals surface area contributed by atoms with Gasteiger partial charge in [-0.25, -0.2) is 8.42 Å². The van der Waals surface area contributed by atoms with E-state index in [4.69, 9.17) is 4.42 Å². The topological polar surface area (TPSA) is 118 Å². The van der Waals surface area contributed by atoms with Gasteiger partial charge in [-0.1, -0.05) is 6.07 Å². The molecule has 1 aromatic heterocycles. The molecule has 0 unspecified atom stereocenters. The van der Waals surface area contributed by atoms with Crippen LogP contribution in [0.4, 0.5) is 0 Å². The van der Waals surface area contributed by atoms with E-state index in [0.717, 1.165) is 11.1 Å². The molecule has 26 heavy (non-hydrogen) atoms. The number of benzene rings is 1. The minimum absolute atomic E-state index is 0.0152. The van der Waals surface area contributed by atoms with Crippen molar-refractivity contribution in [3.8, 4) is 0 Å². The smallest absolute Gasteiger partial charge is 0.324 e. The number of sulfonamides is 1. The molecular formula is C17H21N3O5S. The van der Waals surface area contributed by atoms with E-state index in [2.05, 4.69) is 5.32 Å². The Morgan fingerprint density at radius 3 is 2.19 bits per heavy atom. The predicted molar refractivity (Wildman–Crippen MR) is 94.4 cm³/mol. The summed E-state index contributed by atoms with van der Waals surface area (Å²) >= 11 is 0. The molecule has 0 saturated carbocycles. The maximum Gasteiger partial charge on any atom is 0.324 e. The Bertz CT molecular complexity index is 908. The zero-order valence-electron chi connectivity index (χ0n) is 15.0. The van der Waals surface area contributed by atoms with Crippen LogP contribution < -0.4 is 15.6 Å². The summed E-state index contributed by atoms with van der Waals surface area (Å²) in [6.07, 6.45) is 1.43. The van der Waals surface area contributed by atoms with Gasteiger partial charge in [0.2, 0.25) is 0 Å². The molecule has 0 saturated heterocycles. The van der Waals surface area contributed by atoms with Crippen molar-refractivity contribution in [2.75, 3.05) is 0 Å². The van der Waals surface area contributed by atoms with Crippen LogP contribution in [0.15, 0.2) is 33.8 Å². The molecular weight excluding hydrogens is 358 g/mol. The van der Waals surface area contributed by atoms with E-state index in [0.29, 0.717) is 16.9 Å². The summed E-state index contributed by atoms with van der Waals surface area (Å²) in [5.74, 6) is -1.65. The van der Waals surface area contributed by atoms with Crippen molar-refractivity contribution in [3.05, 3.63) is 52.5 Å². The van der Waals surface area contributed by atoms with Crippen LogP contribution in [0.1, 0.15) is 28.0 Å². The van der Waals surface area contributed by atoms with Crippen molar-refractivity contribution in [3.63, 3.8) is 0 Å². The van der Waals surface area contributed by atoms with Crippen molar-refractivity contribution in [1.82, 2.24) is 15.6 Å². The second-order valence-corrected chi connectivity index (χ2v) is 7.53. The largest absolute Gasteiger partial charge is 0.467 e. The quantitative estimate of drug-likeness (QED) is 0.532. The Labute approximate surface area is 152 Å². The SMILES string of the molecule is Cc1cc(C)c(C)c(S(=O)(=O)NNC(=O)C(=O)NCc2ccco2)c1C. The summed E-state index contributed by atoms with van der Waals surface area (Å²) < 4.78 is 30.2. The highest BCUT2D eigenvalue weighted by molar-refractivity contribution is 7.89. The lowest BCUT2D eigenvalue weighted by molar-refractivity contribution is -0.139. The van der Waals surface area contributed by atoms with Gasteiger partial charge >= 0.3 is 11.8 Å². The van der Waals surface area contributed by atoms with Crippen LogP contribution in [0.2, 0.25) is 0 Å². The molecule has 2 rings (SSSR count). The van der Waals surface area contributed by atoms with Crippen LogP contribution in [0, 0.1) is 27.7 Å². The van der Waals surface area contributed by atoms with Crippen LogP contribution in [-0.4, -0.2) is 20.2 Å². The summed E-state index contributed by atoms with van der Waals surface area (Å²) in [6.45, 7) is 7.01. The first-order chi connectivity index (χ1) is 12.1. The fourth-order valence-corrected chi connectivity index (χ4v) is 3.92. The number of carbonyl (C=O) groups is 2. The molecule has 3 N–H and O–H groups in total. The molecule has 0 spiro atoms. The van der Waals surface area contributed by atoms with E-state index in [1.807, 2.05) is 16.3 Å². The monoisotopic (exact) mass is 379 g/mol. The van der Waals surface area contributed by atoms with Gasteiger partial charge in [-0.3, -0.25) is 15.0 Å². The second-order valence-electron chi connectivity index (χ2n) is 5.91. The van der Waals surface area contributed by atoms with Crippen LogP contribution in [0.5, 0.6) is 0 Å². The molecule has 2 aromatic rings. The minimum Gasteiger partial charge on any atom is -0.467 e. The molecule has 140 valence electrons. The van der Waals surface area contributed by atoms with E-state index in [1.54, 1.807) is 39.8 Å². The van der Waals surface area contributed by atoms with Crippen molar-refractivity contribution >= 4 is 21.8 Å². The van der Waals surface area contributed by atoms with Gasteiger partial charge in [0.15, 0.2) is 0 Å².